The zero-order valence-corrected chi connectivity index (χ0v) is 21.1. The second-order valence-corrected chi connectivity index (χ2v) is 11.3. The summed E-state index contributed by atoms with van der Waals surface area (Å²) in [6, 6.07) is 8.53. The first kappa shape index (κ1) is 24.5. The van der Waals surface area contributed by atoms with Crippen LogP contribution in [0.15, 0.2) is 41.4 Å². The number of benzene rings is 1. The molecule has 0 unspecified atom stereocenters. The van der Waals surface area contributed by atoms with Gasteiger partial charge in [-0.05, 0) is 48.4 Å². The molecule has 0 saturated carbocycles. The van der Waals surface area contributed by atoms with Gasteiger partial charge in [-0.1, -0.05) is 32.9 Å². The SMILES string of the molecule is CC1CCN(C(=O)c2cc(NS(=O)(=O)c3ccc(C(C)C)cc3)cnc2N2CCNCC2)CC1. The molecule has 4 rings (SSSR count). The van der Waals surface area contributed by atoms with Crippen molar-refractivity contribution < 1.29 is 13.2 Å². The maximum atomic E-state index is 13.5. The smallest absolute Gasteiger partial charge is 0.261 e. The van der Waals surface area contributed by atoms with Crippen LogP contribution >= 0.6 is 0 Å². The molecule has 1 aromatic heterocycles. The van der Waals surface area contributed by atoms with Crippen molar-refractivity contribution in [3.8, 4) is 0 Å². The molecule has 0 aliphatic carbocycles. The highest BCUT2D eigenvalue weighted by Crippen LogP contribution is 2.27. The third-order valence-corrected chi connectivity index (χ3v) is 8.09. The van der Waals surface area contributed by atoms with Crippen molar-refractivity contribution in [2.45, 2.75) is 44.4 Å². The molecule has 0 atom stereocenters. The largest absolute Gasteiger partial charge is 0.353 e. The Hall–Kier alpha value is -2.65. The number of hydrogen-bond donors (Lipinski definition) is 2. The van der Waals surface area contributed by atoms with Gasteiger partial charge in [0.25, 0.3) is 15.9 Å². The average molecular weight is 486 g/mol. The summed E-state index contributed by atoms with van der Waals surface area (Å²) in [7, 11) is -3.81. The highest BCUT2D eigenvalue weighted by Gasteiger charge is 2.27. The number of piperidine rings is 1. The minimum Gasteiger partial charge on any atom is -0.353 e. The molecule has 2 aliphatic heterocycles. The number of sulfonamides is 1. The second-order valence-electron chi connectivity index (χ2n) is 9.64. The Kier molecular flexibility index (Phi) is 7.42. The Morgan fingerprint density at radius 1 is 1.09 bits per heavy atom. The predicted molar refractivity (Wildman–Crippen MR) is 135 cm³/mol. The molecular formula is C25H35N5O3S. The molecule has 3 heterocycles. The van der Waals surface area contributed by atoms with Crippen molar-refractivity contribution in [1.29, 1.82) is 0 Å². The van der Waals surface area contributed by atoms with Crippen LogP contribution in [0.4, 0.5) is 11.5 Å². The first-order valence-corrected chi connectivity index (χ1v) is 13.6. The van der Waals surface area contributed by atoms with E-state index in [4.69, 9.17) is 0 Å². The zero-order chi connectivity index (χ0) is 24.3. The van der Waals surface area contributed by atoms with Crippen molar-refractivity contribution in [1.82, 2.24) is 15.2 Å². The molecule has 0 radical (unpaired) electrons. The maximum absolute atomic E-state index is 13.5. The van der Waals surface area contributed by atoms with Gasteiger partial charge in [-0.2, -0.15) is 0 Å². The van der Waals surface area contributed by atoms with E-state index < -0.39 is 10.0 Å². The van der Waals surface area contributed by atoms with Gasteiger partial charge in [-0.3, -0.25) is 9.52 Å². The summed E-state index contributed by atoms with van der Waals surface area (Å²) in [6.45, 7) is 10.9. The minimum absolute atomic E-state index is 0.0877. The van der Waals surface area contributed by atoms with Gasteiger partial charge in [0.15, 0.2) is 0 Å². The normalized spacial score (nSPS) is 17.8. The highest BCUT2D eigenvalue weighted by atomic mass is 32.2. The third-order valence-electron chi connectivity index (χ3n) is 6.69. The first-order valence-electron chi connectivity index (χ1n) is 12.1. The number of hydrogen-bond acceptors (Lipinski definition) is 6. The van der Waals surface area contributed by atoms with Gasteiger partial charge in [0.05, 0.1) is 22.3 Å². The Morgan fingerprint density at radius 2 is 1.74 bits per heavy atom. The molecule has 2 fully saturated rings. The number of piperazine rings is 1. The number of aromatic nitrogens is 1. The molecule has 184 valence electrons. The van der Waals surface area contributed by atoms with Crippen molar-refractivity contribution in [3.05, 3.63) is 47.7 Å². The van der Waals surface area contributed by atoms with Crippen LogP contribution in [0.25, 0.3) is 0 Å². The van der Waals surface area contributed by atoms with Crippen molar-refractivity contribution >= 4 is 27.4 Å². The monoisotopic (exact) mass is 485 g/mol. The maximum Gasteiger partial charge on any atom is 0.261 e. The number of likely N-dealkylation sites (tertiary alicyclic amines) is 1. The van der Waals surface area contributed by atoms with Crippen LogP contribution in [-0.2, 0) is 10.0 Å². The van der Waals surface area contributed by atoms with E-state index in [1.165, 1.54) is 6.20 Å². The summed E-state index contributed by atoms with van der Waals surface area (Å²) in [6.07, 6.45) is 3.45. The summed E-state index contributed by atoms with van der Waals surface area (Å²) >= 11 is 0. The standard InChI is InChI=1S/C25H35N5O3S/c1-18(2)20-4-6-22(7-5-20)34(32,33)28-21-16-23(25(31)30-12-8-19(3)9-13-30)24(27-17-21)29-14-10-26-11-15-29/h4-7,16-19,26,28H,8-15H2,1-3H3. The molecular weight excluding hydrogens is 450 g/mol. The topological polar surface area (TPSA) is 94.6 Å². The number of amides is 1. The quantitative estimate of drug-likeness (QED) is 0.652. The van der Waals surface area contributed by atoms with Crippen LogP contribution in [-0.4, -0.2) is 63.5 Å². The Morgan fingerprint density at radius 3 is 2.35 bits per heavy atom. The Labute approximate surface area is 202 Å². The average Bonchev–Trinajstić information content (AvgIpc) is 2.84. The van der Waals surface area contributed by atoms with Crippen molar-refractivity contribution in [2.75, 3.05) is 48.9 Å². The van der Waals surface area contributed by atoms with Gasteiger partial charge in [-0.25, -0.2) is 13.4 Å². The fourth-order valence-electron chi connectivity index (χ4n) is 4.43. The molecule has 34 heavy (non-hydrogen) atoms. The fourth-order valence-corrected chi connectivity index (χ4v) is 5.46. The van der Waals surface area contributed by atoms with Crippen LogP contribution in [0.3, 0.4) is 0 Å². The summed E-state index contributed by atoms with van der Waals surface area (Å²) in [4.78, 5) is 22.2. The highest BCUT2D eigenvalue weighted by molar-refractivity contribution is 7.92. The van der Waals surface area contributed by atoms with E-state index in [0.717, 1.165) is 44.6 Å². The van der Waals surface area contributed by atoms with E-state index in [1.54, 1.807) is 18.2 Å². The molecule has 8 nitrogen and oxygen atoms in total. The predicted octanol–water partition coefficient (Wildman–Crippen LogP) is 3.29. The molecule has 2 aromatic rings. The second kappa shape index (κ2) is 10.3. The first-order chi connectivity index (χ1) is 16.2. The molecule has 2 N–H and O–H groups in total. The lowest BCUT2D eigenvalue weighted by Gasteiger charge is -2.33. The van der Waals surface area contributed by atoms with Crippen molar-refractivity contribution in [3.63, 3.8) is 0 Å². The zero-order valence-electron chi connectivity index (χ0n) is 20.3. The van der Waals surface area contributed by atoms with Gasteiger partial charge < -0.3 is 15.1 Å². The summed E-state index contributed by atoms with van der Waals surface area (Å²) in [5, 5.41) is 3.32. The molecule has 1 aromatic carbocycles. The van der Waals surface area contributed by atoms with Crippen LogP contribution in [0.1, 0.15) is 55.5 Å². The molecule has 2 saturated heterocycles. The molecule has 1 amide bonds. The molecule has 0 spiro atoms. The number of nitrogens with zero attached hydrogens (tertiary/aromatic N) is 3. The number of carbonyl (C=O) groups excluding carboxylic acids is 1. The van der Waals surface area contributed by atoms with E-state index in [9.17, 15) is 13.2 Å². The summed E-state index contributed by atoms with van der Waals surface area (Å²) in [5.74, 6) is 1.46. The number of anilines is 2. The number of pyridine rings is 1. The van der Waals surface area contributed by atoms with Crippen LogP contribution < -0.4 is 14.9 Å². The third kappa shape index (κ3) is 5.52. The van der Waals surface area contributed by atoms with E-state index in [-0.39, 0.29) is 10.8 Å². The lowest BCUT2D eigenvalue weighted by molar-refractivity contribution is 0.0697. The number of rotatable bonds is 6. The number of carbonyl (C=O) groups is 1. The molecule has 9 heteroatoms. The summed E-state index contributed by atoms with van der Waals surface area (Å²) in [5.41, 5.74) is 1.82. The minimum atomic E-state index is -3.81. The van der Waals surface area contributed by atoms with Crippen LogP contribution in [0.5, 0.6) is 0 Å². The number of nitrogens with one attached hydrogen (secondary N) is 2. The van der Waals surface area contributed by atoms with Crippen LogP contribution in [0, 0.1) is 5.92 Å². The lowest BCUT2D eigenvalue weighted by Crippen LogP contribution is -2.45. The fraction of sp³-hybridized carbons (Fsp3) is 0.520. The van der Waals surface area contributed by atoms with E-state index in [2.05, 4.69) is 40.7 Å². The van der Waals surface area contributed by atoms with E-state index >= 15 is 0 Å². The van der Waals surface area contributed by atoms with Gasteiger partial charge in [0.2, 0.25) is 0 Å². The van der Waals surface area contributed by atoms with Gasteiger partial charge in [0.1, 0.15) is 5.82 Å². The molecule has 0 bridgehead atoms. The Bertz CT molecular complexity index is 1100. The van der Waals surface area contributed by atoms with Gasteiger partial charge in [0, 0.05) is 39.3 Å². The van der Waals surface area contributed by atoms with E-state index in [0.29, 0.717) is 42.0 Å². The van der Waals surface area contributed by atoms with E-state index in [1.807, 2.05) is 17.0 Å². The molecule has 2 aliphatic rings. The summed E-state index contributed by atoms with van der Waals surface area (Å²) < 4.78 is 28.7. The van der Waals surface area contributed by atoms with Gasteiger partial charge in [-0.15, -0.1) is 0 Å². The lowest BCUT2D eigenvalue weighted by atomic mass is 9.98. The Balaban J connectivity index is 1.62. The van der Waals surface area contributed by atoms with Crippen molar-refractivity contribution in [2.24, 2.45) is 5.92 Å². The van der Waals surface area contributed by atoms with Gasteiger partial charge >= 0.3 is 0 Å². The van der Waals surface area contributed by atoms with Crippen LogP contribution in [0.2, 0.25) is 0 Å².